The Bertz CT molecular complexity index is 434. The first kappa shape index (κ1) is 14.4. The standard InChI is InChI=1S/C15H17BrCl2/c16-14-7-6-11(9-15(14)18)8-13(10-17)12-4-2-1-3-5-12/h6-9,12H,1-5,10H2/b13-8-. The first-order chi connectivity index (χ1) is 8.70. The summed E-state index contributed by atoms with van der Waals surface area (Å²) in [5.41, 5.74) is 2.50. The van der Waals surface area contributed by atoms with E-state index in [1.165, 1.54) is 37.7 Å². The van der Waals surface area contributed by atoms with Crippen LogP contribution in [-0.2, 0) is 0 Å². The quantitative estimate of drug-likeness (QED) is 0.562. The molecule has 1 aliphatic carbocycles. The van der Waals surface area contributed by atoms with E-state index in [2.05, 4.69) is 28.1 Å². The van der Waals surface area contributed by atoms with Crippen LogP contribution in [0, 0.1) is 5.92 Å². The topological polar surface area (TPSA) is 0 Å². The summed E-state index contributed by atoms with van der Waals surface area (Å²) in [4.78, 5) is 0. The molecule has 1 fully saturated rings. The molecule has 0 nitrogen and oxygen atoms in total. The van der Waals surface area contributed by atoms with E-state index in [4.69, 9.17) is 23.2 Å². The van der Waals surface area contributed by atoms with Crippen LogP contribution in [0.4, 0.5) is 0 Å². The van der Waals surface area contributed by atoms with Crippen molar-refractivity contribution in [2.45, 2.75) is 32.1 Å². The molecule has 1 aliphatic rings. The molecule has 0 radical (unpaired) electrons. The second-order valence-corrected chi connectivity index (χ2v) is 6.39. The predicted octanol–water partition coefficient (Wildman–Crippen LogP) is 6.31. The SMILES string of the molecule is ClC/C(=C/c1ccc(Br)c(Cl)c1)C1CCCCC1. The van der Waals surface area contributed by atoms with Crippen LogP contribution in [-0.4, -0.2) is 5.88 Å². The molecule has 1 aromatic carbocycles. The fraction of sp³-hybridized carbons (Fsp3) is 0.467. The first-order valence-electron chi connectivity index (χ1n) is 6.42. The predicted molar refractivity (Wildman–Crippen MR) is 84.4 cm³/mol. The third kappa shape index (κ3) is 3.76. The molecule has 0 aromatic heterocycles. The minimum absolute atomic E-state index is 0.623. The summed E-state index contributed by atoms with van der Waals surface area (Å²) >= 11 is 15.6. The smallest absolute Gasteiger partial charge is 0.0554 e. The van der Waals surface area contributed by atoms with Crippen molar-refractivity contribution in [3.05, 3.63) is 38.8 Å². The molecule has 18 heavy (non-hydrogen) atoms. The summed E-state index contributed by atoms with van der Waals surface area (Å²) in [6, 6.07) is 6.05. The van der Waals surface area contributed by atoms with Gasteiger partial charge in [0.05, 0.1) is 5.02 Å². The highest BCUT2D eigenvalue weighted by atomic mass is 79.9. The zero-order chi connectivity index (χ0) is 13.0. The number of halogens is 3. The third-order valence-corrected chi connectivity index (χ3v) is 5.12. The van der Waals surface area contributed by atoms with E-state index < -0.39 is 0 Å². The van der Waals surface area contributed by atoms with Gasteiger partial charge in [0.25, 0.3) is 0 Å². The molecular formula is C15H17BrCl2. The number of hydrogen-bond acceptors (Lipinski definition) is 0. The van der Waals surface area contributed by atoms with Crippen LogP contribution in [0.2, 0.25) is 5.02 Å². The second kappa shape index (κ2) is 6.98. The van der Waals surface area contributed by atoms with Gasteiger partial charge in [-0.05, 0) is 52.4 Å². The van der Waals surface area contributed by atoms with Crippen LogP contribution in [0.15, 0.2) is 28.2 Å². The average molecular weight is 348 g/mol. The molecule has 0 saturated heterocycles. The van der Waals surface area contributed by atoms with Gasteiger partial charge in [0.15, 0.2) is 0 Å². The van der Waals surface area contributed by atoms with Crippen molar-refractivity contribution in [3.63, 3.8) is 0 Å². The molecule has 0 heterocycles. The van der Waals surface area contributed by atoms with Gasteiger partial charge >= 0.3 is 0 Å². The van der Waals surface area contributed by atoms with Crippen molar-refractivity contribution in [2.24, 2.45) is 5.92 Å². The summed E-state index contributed by atoms with van der Waals surface area (Å²) in [5, 5.41) is 0.751. The summed E-state index contributed by atoms with van der Waals surface area (Å²) in [7, 11) is 0. The maximum atomic E-state index is 6.12. The maximum absolute atomic E-state index is 6.12. The van der Waals surface area contributed by atoms with Crippen LogP contribution < -0.4 is 0 Å². The second-order valence-electron chi connectivity index (χ2n) is 4.86. The van der Waals surface area contributed by atoms with Gasteiger partial charge in [-0.2, -0.15) is 0 Å². The Hall–Kier alpha value is 0.0200. The van der Waals surface area contributed by atoms with Gasteiger partial charge in [0.1, 0.15) is 0 Å². The number of rotatable bonds is 3. The summed E-state index contributed by atoms with van der Waals surface area (Å²) in [6.45, 7) is 0. The Morgan fingerprint density at radius 3 is 2.61 bits per heavy atom. The maximum Gasteiger partial charge on any atom is 0.0554 e. The molecule has 0 amide bonds. The Labute approximate surface area is 127 Å². The molecule has 2 rings (SSSR count). The van der Waals surface area contributed by atoms with Crippen LogP contribution in [0.5, 0.6) is 0 Å². The van der Waals surface area contributed by atoms with Crippen molar-refractivity contribution < 1.29 is 0 Å². The lowest BCUT2D eigenvalue weighted by Gasteiger charge is -2.23. The highest BCUT2D eigenvalue weighted by Gasteiger charge is 2.17. The minimum atomic E-state index is 0.623. The van der Waals surface area contributed by atoms with Gasteiger partial charge in [-0.25, -0.2) is 0 Å². The normalized spacial score (nSPS) is 18.1. The van der Waals surface area contributed by atoms with Gasteiger partial charge in [0, 0.05) is 10.4 Å². The molecule has 3 heteroatoms. The Morgan fingerprint density at radius 1 is 1.28 bits per heavy atom. The molecule has 0 N–H and O–H groups in total. The van der Waals surface area contributed by atoms with E-state index in [0.717, 1.165) is 15.1 Å². The number of allylic oxidation sites excluding steroid dienone is 1. The molecule has 1 aromatic rings. The average Bonchev–Trinajstić information content (AvgIpc) is 2.41. The van der Waals surface area contributed by atoms with E-state index in [-0.39, 0.29) is 0 Å². The van der Waals surface area contributed by atoms with Crippen molar-refractivity contribution in [3.8, 4) is 0 Å². The van der Waals surface area contributed by atoms with Gasteiger partial charge in [0.2, 0.25) is 0 Å². The summed E-state index contributed by atoms with van der Waals surface area (Å²) in [5.74, 6) is 1.29. The van der Waals surface area contributed by atoms with Crippen LogP contribution in [0.3, 0.4) is 0 Å². The van der Waals surface area contributed by atoms with Gasteiger partial charge in [-0.3, -0.25) is 0 Å². The Kier molecular flexibility index (Phi) is 5.59. The van der Waals surface area contributed by atoms with Crippen molar-refractivity contribution >= 4 is 45.2 Å². The molecule has 0 atom stereocenters. The molecule has 0 spiro atoms. The molecule has 0 aliphatic heterocycles. The number of hydrogen-bond donors (Lipinski definition) is 0. The highest BCUT2D eigenvalue weighted by molar-refractivity contribution is 9.10. The zero-order valence-corrected chi connectivity index (χ0v) is 13.4. The van der Waals surface area contributed by atoms with Gasteiger partial charge < -0.3 is 0 Å². The van der Waals surface area contributed by atoms with Crippen LogP contribution in [0.1, 0.15) is 37.7 Å². The molecule has 0 bridgehead atoms. The van der Waals surface area contributed by atoms with E-state index in [1.807, 2.05) is 12.1 Å². The number of benzene rings is 1. The Balaban J connectivity index is 2.19. The minimum Gasteiger partial charge on any atom is -0.122 e. The Morgan fingerprint density at radius 2 is 2.00 bits per heavy atom. The molecule has 1 saturated carbocycles. The molecule has 0 unspecified atom stereocenters. The third-order valence-electron chi connectivity index (χ3n) is 3.58. The van der Waals surface area contributed by atoms with E-state index in [1.54, 1.807) is 0 Å². The lowest BCUT2D eigenvalue weighted by molar-refractivity contribution is 0.405. The monoisotopic (exact) mass is 346 g/mol. The summed E-state index contributed by atoms with van der Waals surface area (Å²) in [6.07, 6.45) is 8.81. The van der Waals surface area contributed by atoms with Crippen LogP contribution in [0.25, 0.3) is 6.08 Å². The van der Waals surface area contributed by atoms with E-state index in [0.29, 0.717) is 11.8 Å². The van der Waals surface area contributed by atoms with Crippen molar-refractivity contribution in [1.29, 1.82) is 0 Å². The van der Waals surface area contributed by atoms with Crippen molar-refractivity contribution in [1.82, 2.24) is 0 Å². The highest BCUT2D eigenvalue weighted by Crippen LogP contribution is 2.32. The molecular weight excluding hydrogens is 331 g/mol. The first-order valence-corrected chi connectivity index (χ1v) is 8.12. The fourth-order valence-corrected chi connectivity index (χ4v) is 3.29. The van der Waals surface area contributed by atoms with E-state index >= 15 is 0 Å². The lowest BCUT2D eigenvalue weighted by atomic mass is 9.84. The zero-order valence-electron chi connectivity index (χ0n) is 10.3. The van der Waals surface area contributed by atoms with Gasteiger partial charge in [-0.15, -0.1) is 11.6 Å². The van der Waals surface area contributed by atoms with E-state index in [9.17, 15) is 0 Å². The number of alkyl halides is 1. The lowest BCUT2D eigenvalue weighted by Crippen LogP contribution is -2.10. The largest absolute Gasteiger partial charge is 0.122 e. The van der Waals surface area contributed by atoms with Crippen molar-refractivity contribution in [2.75, 3.05) is 5.88 Å². The summed E-state index contributed by atoms with van der Waals surface area (Å²) < 4.78 is 0.936. The fourth-order valence-electron chi connectivity index (χ4n) is 2.56. The van der Waals surface area contributed by atoms with Gasteiger partial charge in [-0.1, -0.05) is 48.6 Å². The van der Waals surface area contributed by atoms with Crippen LogP contribution >= 0.6 is 39.1 Å². The molecule has 98 valence electrons.